The second-order valence-corrected chi connectivity index (χ2v) is 5.86. The molecule has 0 aliphatic rings. The Balaban J connectivity index is 2.64. The number of carbonyl (C=O) groups is 2. The normalized spacial score (nSPS) is 11.6. The highest BCUT2D eigenvalue weighted by Gasteiger charge is 2.13. The topological polar surface area (TPSA) is 78.9 Å². The molecule has 122 valence electrons. The van der Waals surface area contributed by atoms with Crippen molar-refractivity contribution in [2.75, 3.05) is 6.54 Å². The van der Waals surface area contributed by atoms with Crippen LogP contribution in [0.1, 0.15) is 33.6 Å². The fraction of sp³-hybridized carbons (Fsp3) is 0.467. The van der Waals surface area contributed by atoms with E-state index in [1.807, 2.05) is 13.8 Å². The van der Waals surface area contributed by atoms with Crippen molar-refractivity contribution >= 4 is 24.1 Å². The van der Waals surface area contributed by atoms with E-state index in [1.54, 1.807) is 31.2 Å². The van der Waals surface area contributed by atoms with Crippen LogP contribution in [0.3, 0.4) is 0 Å². The summed E-state index contributed by atoms with van der Waals surface area (Å²) in [6, 6.07) is 6.83. The maximum Gasteiger partial charge on any atom is 0.417 e. The molecule has 0 bridgehead atoms. The molecule has 1 aromatic rings. The molecule has 2 amide bonds. The lowest BCUT2D eigenvalue weighted by molar-refractivity contribution is 0.176. The van der Waals surface area contributed by atoms with Gasteiger partial charge in [-0.25, -0.2) is 13.9 Å². The predicted octanol–water partition coefficient (Wildman–Crippen LogP) is 3.97. The van der Waals surface area contributed by atoms with E-state index < -0.39 is 12.2 Å². The van der Waals surface area contributed by atoms with Crippen LogP contribution in [0.5, 0.6) is 5.75 Å². The predicted molar refractivity (Wildman–Crippen MR) is 86.2 cm³/mol. The number of hydrogen-bond donors (Lipinski definition) is 2. The first-order valence-corrected chi connectivity index (χ1v) is 8.00. The van der Waals surface area contributed by atoms with Gasteiger partial charge in [0, 0.05) is 17.5 Å². The Morgan fingerprint density at radius 3 is 2.73 bits per heavy atom. The molecule has 0 aliphatic heterocycles. The zero-order valence-electron chi connectivity index (χ0n) is 13.0. The molecule has 2 N–H and O–H groups in total. The molecule has 0 saturated carbocycles. The van der Waals surface area contributed by atoms with Gasteiger partial charge in [-0.15, -0.1) is 0 Å². The van der Waals surface area contributed by atoms with Gasteiger partial charge in [0.2, 0.25) is 0 Å². The van der Waals surface area contributed by atoms with E-state index in [0.29, 0.717) is 17.2 Å². The minimum atomic E-state index is -1.01. The maximum atomic E-state index is 11.8. The van der Waals surface area contributed by atoms with Crippen molar-refractivity contribution in [3.05, 3.63) is 24.3 Å². The monoisotopic (exact) mass is 326 g/mol. The first-order chi connectivity index (χ1) is 10.5. The standard InChI is InChI=1S/C15H22N2O4S/c1-4-7-11(3)16-14(18)21-12-8-6-9-13(10-12)22-17(5-2)15(19)20/h6,8-11H,4-5,7H2,1-3H3,(H,16,18)(H,19,20)/t11-/m0/s1. The molecule has 7 heteroatoms. The summed E-state index contributed by atoms with van der Waals surface area (Å²) in [5.74, 6) is 0.382. The number of carboxylic acid groups (broad SMARTS) is 1. The summed E-state index contributed by atoms with van der Waals surface area (Å²) in [4.78, 5) is 23.4. The lowest BCUT2D eigenvalue weighted by Gasteiger charge is -2.16. The van der Waals surface area contributed by atoms with Crippen molar-refractivity contribution < 1.29 is 19.4 Å². The van der Waals surface area contributed by atoms with Gasteiger partial charge in [-0.1, -0.05) is 19.4 Å². The molecular formula is C15H22N2O4S. The molecule has 6 nitrogen and oxygen atoms in total. The van der Waals surface area contributed by atoms with Gasteiger partial charge in [0.05, 0.1) is 0 Å². The van der Waals surface area contributed by atoms with E-state index in [2.05, 4.69) is 5.32 Å². The third-order valence-electron chi connectivity index (χ3n) is 2.82. The Bertz CT molecular complexity index is 510. The lowest BCUT2D eigenvalue weighted by atomic mass is 10.2. The lowest BCUT2D eigenvalue weighted by Crippen LogP contribution is -2.34. The Labute approximate surface area is 135 Å². The first kappa shape index (κ1) is 18.2. The van der Waals surface area contributed by atoms with Crippen molar-refractivity contribution in [1.29, 1.82) is 0 Å². The Morgan fingerprint density at radius 2 is 2.14 bits per heavy atom. The number of ether oxygens (including phenoxy) is 1. The molecule has 1 atom stereocenters. The zero-order chi connectivity index (χ0) is 16.5. The van der Waals surface area contributed by atoms with Gasteiger partial charge in [0.25, 0.3) is 0 Å². The molecule has 1 aromatic carbocycles. The second-order valence-electron chi connectivity index (χ2n) is 4.77. The number of nitrogens with zero attached hydrogens (tertiary/aromatic N) is 1. The smallest absolute Gasteiger partial charge is 0.417 e. The van der Waals surface area contributed by atoms with Crippen molar-refractivity contribution in [2.24, 2.45) is 0 Å². The van der Waals surface area contributed by atoms with Gasteiger partial charge in [-0.3, -0.25) is 0 Å². The van der Waals surface area contributed by atoms with Crippen LogP contribution < -0.4 is 10.1 Å². The summed E-state index contributed by atoms with van der Waals surface area (Å²) in [5.41, 5.74) is 0. The van der Waals surface area contributed by atoms with Crippen LogP contribution in [-0.4, -0.2) is 34.2 Å². The summed E-state index contributed by atoms with van der Waals surface area (Å²) < 4.78 is 6.42. The van der Waals surface area contributed by atoms with Crippen LogP contribution in [0.25, 0.3) is 0 Å². The molecular weight excluding hydrogens is 304 g/mol. The average Bonchev–Trinajstić information content (AvgIpc) is 2.44. The van der Waals surface area contributed by atoms with Gasteiger partial charge in [0.15, 0.2) is 0 Å². The van der Waals surface area contributed by atoms with Crippen LogP contribution in [0.4, 0.5) is 9.59 Å². The number of rotatable bonds is 7. The van der Waals surface area contributed by atoms with Gasteiger partial charge in [-0.05, 0) is 50.4 Å². The minimum Gasteiger partial charge on any atom is -0.464 e. The van der Waals surface area contributed by atoms with E-state index in [1.165, 1.54) is 4.31 Å². The fourth-order valence-electron chi connectivity index (χ4n) is 1.80. The second kappa shape index (κ2) is 9.19. The average molecular weight is 326 g/mol. The number of nitrogens with one attached hydrogen (secondary N) is 1. The van der Waals surface area contributed by atoms with Crippen LogP contribution >= 0.6 is 11.9 Å². The number of amides is 2. The molecule has 0 spiro atoms. The molecule has 0 radical (unpaired) electrons. The van der Waals surface area contributed by atoms with E-state index in [0.717, 1.165) is 24.8 Å². The Morgan fingerprint density at radius 1 is 1.41 bits per heavy atom. The summed E-state index contributed by atoms with van der Waals surface area (Å²) in [5, 5.41) is 11.8. The summed E-state index contributed by atoms with van der Waals surface area (Å²) >= 11 is 1.08. The van der Waals surface area contributed by atoms with E-state index >= 15 is 0 Å². The van der Waals surface area contributed by atoms with Crippen LogP contribution in [0.15, 0.2) is 29.2 Å². The van der Waals surface area contributed by atoms with Crippen molar-refractivity contribution in [2.45, 2.75) is 44.6 Å². The Hall–Kier alpha value is -1.89. The summed E-state index contributed by atoms with van der Waals surface area (Å²) in [7, 11) is 0. The molecule has 0 unspecified atom stereocenters. The van der Waals surface area contributed by atoms with Crippen molar-refractivity contribution in [3.8, 4) is 5.75 Å². The fourth-order valence-corrected chi connectivity index (χ4v) is 2.57. The maximum absolute atomic E-state index is 11.8. The highest BCUT2D eigenvalue weighted by atomic mass is 32.2. The van der Waals surface area contributed by atoms with Gasteiger partial charge in [-0.2, -0.15) is 0 Å². The highest BCUT2D eigenvalue weighted by Crippen LogP contribution is 2.26. The summed E-state index contributed by atoms with van der Waals surface area (Å²) in [6.45, 7) is 6.08. The van der Waals surface area contributed by atoms with Crippen LogP contribution in [-0.2, 0) is 0 Å². The van der Waals surface area contributed by atoms with E-state index in [9.17, 15) is 9.59 Å². The third kappa shape index (κ3) is 6.26. The van der Waals surface area contributed by atoms with E-state index in [4.69, 9.17) is 9.84 Å². The van der Waals surface area contributed by atoms with Crippen LogP contribution in [0, 0.1) is 0 Å². The number of benzene rings is 1. The van der Waals surface area contributed by atoms with Gasteiger partial charge >= 0.3 is 12.2 Å². The first-order valence-electron chi connectivity index (χ1n) is 7.23. The Kier molecular flexibility index (Phi) is 7.59. The molecule has 0 heterocycles. The third-order valence-corrected chi connectivity index (χ3v) is 3.92. The van der Waals surface area contributed by atoms with Gasteiger partial charge < -0.3 is 15.2 Å². The van der Waals surface area contributed by atoms with E-state index in [-0.39, 0.29) is 6.04 Å². The molecule has 0 aliphatic carbocycles. The quantitative estimate of drug-likeness (QED) is 0.741. The molecule has 0 aromatic heterocycles. The van der Waals surface area contributed by atoms with Gasteiger partial charge in [0.1, 0.15) is 5.75 Å². The highest BCUT2D eigenvalue weighted by molar-refractivity contribution is 7.97. The molecule has 22 heavy (non-hydrogen) atoms. The number of carbonyl (C=O) groups excluding carboxylic acids is 1. The molecule has 0 fully saturated rings. The van der Waals surface area contributed by atoms with Crippen molar-refractivity contribution in [3.63, 3.8) is 0 Å². The largest absolute Gasteiger partial charge is 0.464 e. The zero-order valence-corrected chi connectivity index (χ0v) is 13.9. The minimum absolute atomic E-state index is 0.0534. The number of hydrogen-bond acceptors (Lipinski definition) is 4. The molecule has 1 rings (SSSR count). The molecule has 0 saturated heterocycles. The van der Waals surface area contributed by atoms with Crippen LogP contribution in [0.2, 0.25) is 0 Å². The summed E-state index contributed by atoms with van der Waals surface area (Å²) in [6.07, 6.45) is 0.351. The van der Waals surface area contributed by atoms with Crippen molar-refractivity contribution in [1.82, 2.24) is 9.62 Å². The SMILES string of the molecule is CCC[C@H](C)NC(=O)Oc1cccc(SN(CC)C(=O)O)c1.